The van der Waals surface area contributed by atoms with Gasteiger partial charge in [-0.1, -0.05) is 24.3 Å². The zero-order valence-electron chi connectivity index (χ0n) is 13.4. The molecule has 1 fully saturated rings. The first-order valence-corrected chi connectivity index (χ1v) is 7.82. The molecular weight excluding hydrogens is 276 g/mol. The van der Waals surface area contributed by atoms with Crippen LogP contribution in [0.1, 0.15) is 39.3 Å². The average Bonchev–Trinajstić information content (AvgIpc) is 3.04. The molecule has 0 saturated carbocycles. The first-order valence-electron chi connectivity index (χ1n) is 7.82. The van der Waals surface area contributed by atoms with Crippen LogP contribution in [0.25, 0.3) is 11.3 Å². The van der Waals surface area contributed by atoms with Gasteiger partial charge in [-0.25, -0.2) is 4.98 Å². The molecule has 1 saturated heterocycles. The van der Waals surface area contributed by atoms with E-state index in [9.17, 15) is 5.11 Å². The molecule has 0 unspecified atom stereocenters. The minimum Gasteiger partial charge on any atom is -0.390 e. The maximum atomic E-state index is 10.9. The highest BCUT2D eigenvalue weighted by atomic mass is 16.5. The minimum atomic E-state index is -0.549. The summed E-state index contributed by atoms with van der Waals surface area (Å²) in [6, 6.07) is 8.45. The van der Waals surface area contributed by atoms with Gasteiger partial charge in [-0.15, -0.1) is 0 Å². The van der Waals surface area contributed by atoms with Crippen LogP contribution in [0.3, 0.4) is 0 Å². The molecule has 3 atom stereocenters. The lowest BCUT2D eigenvalue weighted by atomic mass is 9.77. The van der Waals surface area contributed by atoms with Crippen molar-refractivity contribution in [1.29, 1.82) is 0 Å². The zero-order valence-corrected chi connectivity index (χ0v) is 13.4. The predicted octanol–water partition coefficient (Wildman–Crippen LogP) is 3.02. The lowest BCUT2D eigenvalue weighted by Crippen LogP contribution is -2.40. The molecule has 0 aliphatic carbocycles. The molecule has 0 radical (unpaired) electrons. The van der Waals surface area contributed by atoms with Gasteiger partial charge in [0.2, 0.25) is 0 Å². The van der Waals surface area contributed by atoms with Gasteiger partial charge in [-0.05, 0) is 33.3 Å². The smallest absolute Gasteiger partial charge is 0.0956 e. The maximum absolute atomic E-state index is 10.9. The Bertz CT molecular complexity index is 732. The molecule has 4 heteroatoms. The first-order chi connectivity index (χ1) is 10.3. The number of aromatic nitrogens is 2. The highest BCUT2D eigenvalue weighted by Crippen LogP contribution is 2.53. The fraction of sp³-hybridized carbons (Fsp3) is 0.500. The van der Waals surface area contributed by atoms with E-state index in [4.69, 9.17) is 4.74 Å². The van der Waals surface area contributed by atoms with Gasteiger partial charge in [0.15, 0.2) is 0 Å². The van der Waals surface area contributed by atoms with E-state index in [1.165, 1.54) is 11.1 Å². The van der Waals surface area contributed by atoms with Crippen molar-refractivity contribution < 1.29 is 9.84 Å². The Hall–Kier alpha value is -1.65. The molecule has 0 bridgehead atoms. The number of ether oxygens (including phenoxy) is 1. The van der Waals surface area contributed by atoms with Crippen LogP contribution in [0.15, 0.2) is 36.8 Å². The summed E-state index contributed by atoms with van der Waals surface area (Å²) in [4.78, 5) is 4.31. The monoisotopic (exact) mass is 298 g/mol. The molecule has 2 aliphatic rings. The predicted molar refractivity (Wildman–Crippen MR) is 84.5 cm³/mol. The zero-order chi connectivity index (χ0) is 15.7. The fourth-order valence-electron chi connectivity index (χ4n) is 4.41. The third kappa shape index (κ3) is 1.68. The third-order valence-corrected chi connectivity index (χ3v) is 5.24. The Morgan fingerprint density at radius 1 is 1.14 bits per heavy atom. The van der Waals surface area contributed by atoms with E-state index in [1.807, 2.05) is 26.4 Å². The quantitative estimate of drug-likeness (QED) is 0.880. The molecule has 116 valence electrons. The fourth-order valence-corrected chi connectivity index (χ4v) is 4.41. The van der Waals surface area contributed by atoms with Gasteiger partial charge in [0, 0.05) is 11.5 Å². The second kappa shape index (κ2) is 4.21. The Balaban J connectivity index is 1.90. The lowest BCUT2D eigenvalue weighted by molar-refractivity contribution is -0.0915. The van der Waals surface area contributed by atoms with Gasteiger partial charge in [-0.2, -0.15) is 0 Å². The van der Waals surface area contributed by atoms with Crippen LogP contribution in [0, 0.1) is 5.92 Å². The van der Waals surface area contributed by atoms with Crippen LogP contribution in [-0.4, -0.2) is 32.0 Å². The number of rotatable bonds is 1. The number of fused-ring (bicyclic) bond motifs is 3. The topological polar surface area (TPSA) is 47.3 Å². The van der Waals surface area contributed by atoms with Crippen molar-refractivity contribution in [2.75, 3.05) is 0 Å². The molecular formula is C18H22N2O2. The van der Waals surface area contributed by atoms with E-state index in [1.54, 1.807) is 0 Å². The van der Waals surface area contributed by atoms with Crippen molar-refractivity contribution in [2.24, 2.45) is 5.92 Å². The summed E-state index contributed by atoms with van der Waals surface area (Å²) in [6.45, 7) is 8.09. The van der Waals surface area contributed by atoms with Crippen molar-refractivity contribution in [2.45, 2.75) is 51.0 Å². The van der Waals surface area contributed by atoms with Gasteiger partial charge in [0.25, 0.3) is 0 Å². The average molecular weight is 298 g/mol. The van der Waals surface area contributed by atoms with Gasteiger partial charge in [0.05, 0.1) is 41.6 Å². The minimum absolute atomic E-state index is 0.0286. The van der Waals surface area contributed by atoms with Gasteiger partial charge in [-0.3, -0.25) is 0 Å². The number of aliphatic hydroxyl groups is 1. The normalized spacial score (nSPS) is 31.0. The van der Waals surface area contributed by atoms with Crippen LogP contribution in [0.4, 0.5) is 0 Å². The second-order valence-electron chi connectivity index (χ2n) is 7.50. The highest BCUT2D eigenvalue weighted by Gasteiger charge is 2.58. The number of imidazole rings is 1. The van der Waals surface area contributed by atoms with E-state index >= 15 is 0 Å². The Labute approximate surface area is 130 Å². The molecule has 2 aromatic rings. The molecule has 4 rings (SSSR count). The molecule has 0 amide bonds. The van der Waals surface area contributed by atoms with Crippen molar-refractivity contribution >= 4 is 0 Å². The van der Waals surface area contributed by atoms with Crippen LogP contribution in [0.2, 0.25) is 0 Å². The number of nitrogens with zero attached hydrogens (tertiary/aromatic N) is 2. The third-order valence-electron chi connectivity index (χ3n) is 5.24. The van der Waals surface area contributed by atoms with Crippen LogP contribution < -0.4 is 0 Å². The second-order valence-corrected chi connectivity index (χ2v) is 7.50. The molecule has 2 aliphatic heterocycles. The highest BCUT2D eigenvalue weighted by molar-refractivity contribution is 5.69. The number of benzene rings is 1. The largest absolute Gasteiger partial charge is 0.390 e. The van der Waals surface area contributed by atoms with Crippen LogP contribution in [0.5, 0.6) is 0 Å². The molecule has 22 heavy (non-hydrogen) atoms. The number of hydrogen-bond donors (Lipinski definition) is 1. The first kappa shape index (κ1) is 14.0. The number of aliphatic hydroxyl groups excluding tert-OH is 1. The maximum Gasteiger partial charge on any atom is 0.0956 e. The summed E-state index contributed by atoms with van der Waals surface area (Å²) in [5.74, 6) is -0.0286. The summed E-state index contributed by atoms with van der Waals surface area (Å²) in [5, 5.41) is 10.9. The van der Waals surface area contributed by atoms with Crippen LogP contribution >= 0.6 is 0 Å². The SMILES string of the molecule is CC1(C)OC(C)(C)[C@H](O)[C@H]1[C@@H]1c2ccccc2-c2cncn21. The summed E-state index contributed by atoms with van der Waals surface area (Å²) >= 11 is 0. The van der Waals surface area contributed by atoms with Crippen molar-refractivity contribution in [3.63, 3.8) is 0 Å². The Kier molecular flexibility index (Phi) is 2.67. The number of hydrogen-bond acceptors (Lipinski definition) is 3. The van der Waals surface area contributed by atoms with E-state index in [-0.39, 0.29) is 12.0 Å². The van der Waals surface area contributed by atoms with Crippen molar-refractivity contribution in [1.82, 2.24) is 9.55 Å². The van der Waals surface area contributed by atoms with E-state index in [0.717, 1.165) is 5.69 Å². The summed E-state index contributed by atoms with van der Waals surface area (Å²) in [5.41, 5.74) is 2.61. The van der Waals surface area contributed by atoms with Gasteiger partial charge < -0.3 is 14.4 Å². The molecule has 4 nitrogen and oxygen atoms in total. The Morgan fingerprint density at radius 2 is 1.86 bits per heavy atom. The van der Waals surface area contributed by atoms with E-state index in [0.29, 0.717) is 0 Å². The molecule has 0 spiro atoms. The molecule has 1 aromatic carbocycles. The molecule has 1 N–H and O–H groups in total. The standard InChI is InChI=1S/C18H22N2O2/c1-17(2)14(16(21)18(3,4)22-17)15-12-8-6-5-7-11(12)13-9-19-10-20(13)15/h5-10,14-16,21H,1-4H3/t14-,15+,16-/m1/s1. The lowest BCUT2D eigenvalue weighted by Gasteiger charge is -2.33. The van der Waals surface area contributed by atoms with E-state index in [2.05, 4.69) is 47.7 Å². The Morgan fingerprint density at radius 3 is 2.55 bits per heavy atom. The van der Waals surface area contributed by atoms with Gasteiger partial charge in [0.1, 0.15) is 0 Å². The molecule has 3 heterocycles. The summed E-state index contributed by atoms with van der Waals surface area (Å²) in [7, 11) is 0. The van der Waals surface area contributed by atoms with E-state index < -0.39 is 17.3 Å². The van der Waals surface area contributed by atoms with Gasteiger partial charge >= 0.3 is 0 Å². The van der Waals surface area contributed by atoms with Crippen LogP contribution in [-0.2, 0) is 4.74 Å². The van der Waals surface area contributed by atoms with Crippen molar-refractivity contribution in [3.8, 4) is 11.3 Å². The summed E-state index contributed by atoms with van der Waals surface area (Å²) < 4.78 is 8.38. The summed E-state index contributed by atoms with van der Waals surface area (Å²) in [6.07, 6.45) is 3.24. The molecule has 1 aromatic heterocycles. The van der Waals surface area contributed by atoms with Crippen molar-refractivity contribution in [3.05, 3.63) is 42.4 Å².